The van der Waals surface area contributed by atoms with Crippen molar-refractivity contribution in [1.29, 1.82) is 5.26 Å². The van der Waals surface area contributed by atoms with Gasteiger partial charge in [-0.05, 0) is 24.8 Å². The minimum atomic E-state index is -4.51. The monoisotopic (exact) mass is 289 g/mol. The lowest BCUT2D eigenvalue weighted by Gasteiger charge is -2.18. The number of rotatable bonds is 5. The molecule has 0 spiro atoms. The molecule has 0 saturated carbocycles. The molecule has 19 heavy (non-hydrogen) atoms. The molecule has 0 saturated heterocycles. The molecule has 3 nitrogen and oxygen atoms in total. The van der Waals surface area contributed by atoms with Crippen molar-refractivity contribution in [3.63, 3.8) is 0 Å². The van der Waals surface area contributed by atoms with Gasteiger partial charge < -0.3 is 5.32 Å². The number of nitrogens with zero attached hydrogens (tertiary/aromatic N) is 2. The van der Waals surface area contributed by atoms with Gasteiger partial charge >= 0.3 is 6.18 Å². The Hall–Kier alpha value is -1.42. The largest absolute Gasteiger partial charge is 0.433 e. The second-order valence-corrected chi connectivity index (χ2v) is 4.82. The highest BCUT2D eigenvalue weighted by Gasteiger charge is 2.33. The highest BCUT2D eigenvalue weighted by Crippen LogP contribution is 2.29. The van der Waals surface area contributed by atoms with Crippen LogP contribution in [0.4, 0.5) is 19.0 Å². The summed E-state index contributed by atoms with van der Waals surface area (Å²) in [5, 5.41) is 11.8. The van der Waals surface area contributed by atoms with Crippen LogP contribution in [0.3, 0.4) is 0 Å². The van der Waals surface area contributed by atoms with E-state index in [-0.39, 0.29) is 17.4 Å². The number of nitriles is 1. The summed E-state index contributed by atoms with van der Waals surface area (Å²) < 4.78 is 37.8. The standard InChI is InChI=1S/C12H14F3N3S/c1-3-9(7-19-2)17-11-8(6-16)4-5-10(18-11)12(13,14)15/h4-5,9H,3,7H2,1-2H3,(H,17,18). The summed E-state index contributed by atoms with van der Waals surface area (Å²) in [6.45, 7) is 1.92. The summed E-state index contributed by atoms with van der Waals surface area (Å²) in [4.78, 5) is 3.52. The number of pyridine rings is 1. The molecule has 1 unspecified atom stereocenters. The van der Waals surface area contributed by atoms with E-state index >= 15 is 0 Å². The second kappa shape index (κ2) is 6.66. The molecule has 0 bridgehead atoms. The fraction of sp³-hybridized carbons (Fsp3) is 0.500. The molecule has 1 heterocycles. The Balaban J connectivity index is 3.06. The van der Waals surface area contributed by atoms with Gasteiger partial charge in [-0.3, -0.25) is 0 Å². The number of thioether (sulfide) groups is 1. The van der Waals surface area contributed by atoms with E-state index in [1.54, 1.807) is 11.8 Å². The number of halogens is 3. The lowest BCUT2D eigenvalue weighted by molar-refractivity contribution is -0.141. The maximum Gasteiger partial charge on any atom is 0.433 e. The normalized spacial score (nSPS) is 12.8. The van der Waals surface area contributed by atoms with Crippen molar-refractivity contribution in [1.82, 2.24) is 4.98 Å². The number of hydrogen-bond donors (Lipinski definition) is 1. The first-order valence-corrected chi connectivity index (χ1v) is 7.05. The van der Waals surface area contributed by atoms with Gasteiger partial charge in [-0.1, -0.05) is 6.92 Å². The van der Waals surface area contributed by atoms with E-state index in [9.17, 15) is 13.2 Å². The first-order chi connectivity index (χ1) is 8.92. The zero-order valence-corrected chi connectivity index (χ0v) is 11.4. The van der Waals surface area contributed by atoms with E-state index < -0.39 is 11.9 Å². The Morgan fingerprint density at radius 1 is 1.47 bits per heavy atom. The summed E-state index contributed by atoms with van der Waals surface area (Å²) in [6.07, 6.45) is -1.86. The SMILES string of the molecule is CCC(CSC)Nc1nc(C(F)(F)F)ccc1C#N. The third-order valence-electron chi connectivity index (χ3n) is 2.51. The van der Waals surface area contributed by atoms with Gasteiger partial charge in [0.25, 0.3) is 0 Å². The number of alkyl halides is 3. The van der Waals surface area contributed by atoms with Gasteiger partial charge in [-0.25, -0.2) is 4.98 Å². The van der Waals surface area contributed by atoms with Crippen LogP contribution in [-0.4, -0.2) is 23.0 Å². The maximum atomic E-state index is 12.6. The van der Waals surface area contributed by atoms with Gasteiger partial charge in [0.2, 0.25) is 0 Å². The van der Waals surface area contributed by atoms with Gasteiger partial charge in [0, 0.05) is 11.8 Å². The summed E-state index contributed by atoms with van der Waals surface area (Å²) >= 11 is 1.58. The van der Waals surface area contributed by atoms with Crippen molar-refractivity contribution in [2.45, 2.75) is 25.6 Å². The van der Waals surface area contributed by atoms with Crippen molar-refractivity contribution < 1.29 is 13.2 Å². The van der Waals surface area contributed by atoms with Crippen molar-refractivity contribution in [3.05, 3.63) is 23.4 Å². The Kier molecular flexibility index (Phi) is 5.48. The minimum absolute atomic E-state index is 0.00164. The molecule has 0 amide bonds. The molecule has 0 aliphatic rings. The number of hydrogen-bond acceptors (Lipinski definition) is 4. The molecule has 1 aromatic rings. The van der Waals surface area contributed by atoms with Crippen molar-refractivity contribution in [2.24, 2.45) is 0 Å². The molecule has 7 heteroatoms. The first-order valence-electron chi connectivity index (χ1n) is 5.66. The van der Waals surface area contributed by atoms with Crippen LogP contribution >= 0.6 is 11.8 Å². The molecule has 1 N–H and O–H groups in total. The maximum absolute atomic E-state index is 12.6. The zero-order chi connectivity index (χ0) is 14.5. The quantitative estimate of drug-likeness (QED) is 0.901. The van der Waals surface area contributed by atoms with Crippen LogP contribution < -0.4 is 5.32 Å². The van der Waals surface area contributed by atoms with E-state index in [1.807, 2.05) is 19.2 Å². The van der Waals surface area contributed by atoms with Crippen LogP contribution in [0, 0.1) is 11.3 Å². The van der Waals surface area contributed by atoms with Crippen LogP contribution in [0.25, 0.3) is 0 Å². The average Bonchev–Trinajstić information content (AvgIpc) is 2.37. The Morgan fingerprint density at radius 3 is 2.63 bits per heavy atom. The van der Waals surface area contributed by atoms with Crippen molar-refractivity contribution in [2.75, 3.05) is 17.3 Å². The lowest BCUT2D eigenvalue weighted by atomic mass is 10.2. The van der Waals surface area contributed by atoms with Gasteiger partial charge in [0.1, 0.15) is 17.6 Å². The summed E-state index contributed by atoms with van der Waals surface area (Å²) in [7, 11) is 0. The Labute approximate surface area is 114 Å². The molecule has 1 aromatic heterocycles. The van der Waals surface area contributed by atoms with Gasteiger partial charge in [-0.2, -0.15) is 30.2 Å². The smallest absolute Gasteiger partial charge is 0.365 e. The summed E-state index contributed by atoms with van der Waals surface area (Å²) in [5.41, 5.74) is -0.874. The van der Waals surface area contributed by atoms with Crippen LogP contribution in [0.5, 0.6) is 0 Å². The molecule has 0 aromatic carbocycles. The van der Waals surface area contributed by atoms with Gasteiger partial charge in [0.15, 0.2) is 0 Å². The predicted molar refractivity (Wildman–Crippen MR) is 70.0 cm³/mol. The third-order valence-corrected chi connectivity index (χ3v) is 3.24. The molecule has 0 aliphatic heterocycles. The van der Waals surface area contributed by atoms with Crippen LogP contribution in [0.15, 0.2) is 12.1 Å². The van der Waals surface area contributed by atoms with E-state index in [2.05, 4.69) is 10.3 Å². The number of aromatic nitrogens is 1. The summed E-state index contributed by atoms with van der Waals surface area (Å²) in [5.74, 6) is 0.734. The molecule has 0 aliphatic carbocycles. The van der Waals surface area contributed by atoms with Crippen molar-refractivity contribution in [3.8, 4) is 6.07 Å². The Morgan fingerprint density at radius 2 is 2.16 bits per heavy atom. The minimum Gasteiger partial charge on any atom is -0.365 e. The van der Waals surface area contributed by atoms with E-state index in [0.29, 0.717) is 0 Å². The van der Waals surface area contributed by atoms with Crippen LogP contribution in [0.1, 0.15) is 24.6 Å². The van der Waals surface area contributed by atoms with E-state index in [4.69, 9.17) is 5.26 Å². The highest BCUT2D eigenvalue weighted by molar-refractivity contribution is 7.98. The highest BCUT2D eigenvalue weighted by atomic mass is 32.2. The molecule has 0 radical (unpaired) electrons. The fourth-order valence-electron chi connectivity index (χ4n) is 1.47. The van der Waals surface area contributed by atoms with Crippen molar-refractivity contribution >= 4 is 17.6 Å². The lowest BCUT2D eigenvalue weighted by Crippen LogP contribution is -2.23. The van der Waals surface area contributed by atoms with Crippen LogP contribution in [-0.2, 0) is 6.18 Å². The molecular weight excluding hydrogens is 275 g/mol. The van der Waals surface area contributed by atoms with Gasteiger partial charge in [0.05, 0.1) is 5.56 Å². The molecular formula is C12H14F3N3S. The van der Waals surface area contributed by atoms with E-state index in [1.165, 1.54) is 0 Å². The number of nitrogens with one attached hydrogen (secondary N) is 1. The second-order valence-electron chi connectivity index (χ2n) is 3.91. The zero-order valence-electron chi connectivity index (χ0n) is 10.6. The van der Waals surface area contributed by atoms with Gasteiger partial charge in [-0.15, -0.1) is 0 Å². The average molecular weight is 289 g/mol. The molecule has 1 rings (SSSR count). The molecule has 0 fully saturated rings. The summed E-state index contributed by atoms with van der Waals surface area (Å²) in [6, 6.07) is 3.79. The Bertz CT molecular complexity index is 468. The predicted octanol–water partition coefficient (Wildman–Crippen LogP) is 3.53. The topological polar surface area (TPSA) is 48.7 Å². The molecule has 1 atom stereocenters. The van der Waals surface area contributed by atoms with E-state index in [0.717, 1.165) is 24.3 Å². The molecule has 104 valence electrons. The third kappa shape index (κ3) is 4.31. The first kappa shape index (κ1) is 15.6. The number of anilines is 1. The fourth-order valence-corrected chi connectivity index (χ4v) is 2.19. The van der Waals surface area contributed by atoms with Crippen LogP contribution in [0.2, 0.25) is 0 Å².